The second-order valence-corrected chi connectivity index (χ2v) is 9.47. The Balaban J connectivity index is 1.34. The van der Waals surface area contributed by atoms with Crippen LogP contribution in [0.25, 0.3) is 33.3 Å². The molecule has 3 nitrogen and oxygen atoms in total. The smallest absolute Gasteiger partial charge is 0.155 e. The van der Waals surface area contributed by atoms with E-state index in [4.69, 9.17) is 0 Å². The number of H-pyrrole nitrogens is 1. The van der Waals surface area contributed by atoms with Crippen LogP contribution in [0.2, 0.25) is 0 Å². The van der Waals surface area contributed by atoms with Crippen molar-refractivity contribution in [1.29, 1.82) is 0 Å². The van der Waals surface area contributed by atoms with Crippen molar-refractivity contribution < 1.29 is 9.18 Å². The highest BCUT2D eigenvalue weighted by Crippen LogP contribution is 2.42. The van der Waals surface area contributed by atoms with Crippen molar-refractivity contribution >= 4 is 22.4 Å². The maximum Gasteiger partial charge on any atom is 0.155 e. The molecule has 1 aliphatic heterocycles. The molecule has 0 saturated carbocycles. The summed E-state index contributed by atoms with van der Waals surface area (Å²) in [6.45, 7) is 3.82. The molecule has 1 aliphatic carbocycles. The highest BCUT2D eigenvalue weighted by Gasteiger charge is 2.25. The Hall–Kier alpha value is -3.40. The predicted molar refractivity (Wildman–Crippen MR) is 132 cm³/mol. The van der Waals surface area contributed by atoms with Gasteiger partial charge >= 0.3 is 0 Å². The summed E-state index contributed by atoms with van der Waals surface area (Å²) in [7, 11) is 0. The zero-order chi connectivity index (χ0) is 22.5. The first kappa shape index (κ1) is 20.2. The largest absolute Gasteiger partial charge is 0.372 e. The topological polar surface area (TPSA) is 36.1 Å². The summed E-state index contributed by atoms with van der Waals surface area (Å²) in [4.78, 5) is 17.3. The lowest BCUT2D eigenvalue weighted by atomic mass is 10.00. The first-order valence-corrected chi connectivity index (χ1v) is 11.9. The SMILES string of the molecule is CC(=O)Cc1ccc2c(c1)Cc1c-2[nH]c2c(F)c(-c3ccc(N4CCCCC4)cc3)ccc12. The number of halogens is 1. The van der Waals surface area contributed by atoms with E-state index in [0.717, 1.165) is 52.8 Å². The summed E-state index contributed by atoms with van der Waals surface area (Å²) in [6, 6.07) is 18.5. The lowest BCUT2D eigenvalue weighted by Gasteiger charge is -2.28. The number of nitrogens with one attached hydrogen (secondary N) is 1. The molecule has 1 aromatic heterocycles. The third kappa shape index (κ3) is 3.45. The van der Waals surface area contributed by atoms with Crippen molar-refractivity contribution in [2.75, 3.05) is 18.0 Å². The predicted octanol–water partition coefficient (Wildman–Crippen LogP) is 6.67. The number of fused-ring (bicyclic) bond motifs is 5. The summed E-state index contributed by atoms with van der Waals surface area (Å²) in [6.07, 6.45) is 5.01. The van der Waals surface area contributed by atoms with Crippen LogP contribution in [0.4, 0.5) is 10.1 Å². The number of benzene rings is 3. The fourth-order valence-electron chi connectivity index (χ4n) is 5.55. The quantitative estimate of drug-likeness (QED) is 0.340. The highest BCUT2D eigenvalue weighted by molar-refractivity contribution is 5.97. The Morgan fingerprint density at radius 2 is 1.73 bits per heavy atom. The molecule has 166 valence electrons. The minimum absolute atomic E-state index is 0.162. The van der Waals surface area contributed by atoms with Crippen LogP contribution in [0.1, 0.15) is 42.9 Å². The number of ketones is 1. The summed E-state index contributed by atoms with van der Waals surface area (Å²) < 4.78 is 15.7. The Kier molecular flexibility index (Phi) is 4.83. The molecule has 0 amide bonds. The molecule has 6 rings (SSSR count). The maximum atomic E-state index is 15.7. The van der Waals surface area contributed by atoms with Crippen LogP contribution in [0, 0.1) is 5.82 Å². The maximum absolute atomic E-state index is 15.7. The number of piperidine rings is 1. The van der Waals surface area contributed by atoms with Gasteiger partial charge < -0.3 is 9.88 Å². The second kappa shape index (κ2) is 7.87. The van der Waals surface area contributed by atoms with Gasteiger partial charge in [0, 0.05) is 48.1 Å². The number of aromatic nitrogens is 1. The number of hydrogen-bond acceptors (Lipinski definition) is 2. The summed E-state index contributed by atoms with van der Waals surface area (Å²) >= 11 is 0. The van der Waals surface area contributed by atoms with E-state index < -0.39 is 0 Å². The third-order valence-corrected chi connectivity index (χ3v) is 7.18. The van der Waals surface area contributed by atoms with E-state index in [1.54, 1.807) is 6.92 Å². The van der Waals surface area contributed by atoms with Crippen molar-refractivity contribution in [3.8, 4) is 22.4 Å². The van der Waals surface area contributed by atoms with Crippen LogP contribution in [0.5, 0.6) is 0 Å². The van der Waals surface area contributed by atoms with Crippen molar-refractivity contribution in [3.63, 3.8) is 0 Å². The van der Waals surface area contributed by atoms with Crippen LogP contribution in [0.15, 0.2) is 54.6 Å². The number of nitrogens with zero attached hydrogens (tertiary/aromatic N) is 1. The van der Waals surface area contributed by atoms with Crippen molar-refractivity contribution in [3.05, 3.63) is 77.1 Å². The average Bonchev–Trinajstić information content (AvgIpc) is 3.36. The molecule has 4 aromatic rings. The first-order valence-electron chi connectivity index (χ1n) is 11.9. The molecule has 0 unspecified atom stereocenters. The molecule has 0 bridgehead atoms. The zero-order valence-electron chi connectivity index (χ0n) is 18.9. The number of anilines is 1. The van der Waals surface area contributed by atoms with Gasteiger partial charge in [0.1, 0.15) is 5.78 Å². The number of hydrogen-bond donors (Lipinski definition) is 1. The molecule has 1 saturated heterocycles. The van der Waals surface area contributed by atoms with Crippen molar-refractivity contribution in [2.24, 2.45) is 0 Å². The Morgan fingerprint density at radius 1 is 0.970 bits per heavy atom. The first-order chi connectivity index (χ1) is 16.1. The summed E-state index contributed by atoms with van der Waals surface area (Å²) in [5.41, 5.74) is 8.84. The van der Waals surface area contributed by atoms with E-state index in [1.807, 2.05) is 30.3 Å². The van der Waals surface area contributed by atoms with Crippen molar-refractivity contribution in [2.45, 2.75) is 39.0 Å². The van der Waals surface area contributed by atoms with Gasteiger partial charge in [-0.15, -0.1) is 0 Å². The molecule has 1 N–H and O–H groups in total. The number of aromatic amines is 1. The van der Waals surface area contributed by atoms with Gasteiger partial charge in [0.2, 0.25) is 0 Å². The van der Waals surface area contributed by atoms with Gasteiger partial charge in [0.05, 0.1) is 11.2 Å². The third-order valence-electron chi connectivity index (χ3n) is 7.18. The molecular weight excluding hydrogens is 411 g/mol. The summed E-state index contributed by atoms with van der Waals surface area (Å²) in [5.74, 6) is -0.0298. The summed E-state index contributed by atoms with van der Waals surface area (Å²) in [5, 5.41) is 0.945. The standard InChI is InChI=1S/C29H27FN2O/c1-18(33)15-19-5-10-24-21(16-19)17-26-25-12-11-23(27(30)29(25)31-28(24)26)20-6-8-22(9-7-20)32-13-3-2-4-14-32/h5-12,16,31H,2-4,13-15,17H2,1H3. The number of carbonyl (C=O) groups is 1. The van der Waals surface area contributed by atoms with Crippen molar-refractivity contribution in [1.82, 2.24) is 4.98 Å². The second-order valence-electron chi connectivity index (χ2n) is 9.47. The fraction of sp³-hybridized carbons (Fsp3) is 0.276. The van der Waals surface area contributed by atoms with Gasteiger partial charge in [-0.2, -0.15) is 0 Å². The molecule has 2 heterocycles. The van der Waals surface area contributed by atoms with Gasteiger partial charge in [0.15, 0.2) is 5.82 Å². The normalized spacial score (nSPS) is 15.0. The Bertz CT molecular complexity index is 1380. The number of Topliss-reactive ketones (excluding diaryl/α,β-unsaturated/α-hetero) is 1. The van der Waals surface area contributed by atoms with Crippen LogP contribution in [0.3, 0.4) is 0 Å². The lowest BCUT2D eigenvalue weighted by Crippen LogP contribution is -2.29. The molecular formula is C29H27FN2O. The monoisotopic (exact) mass is 438 g/mol. The number of carbonyl (C=O) groups excluding carboxylic acids is 1. The molecule has 0 spiro atoms. The van der Waals surface area contributed by atoms with Gasteiger partial charge in [-0.25, -0.2) is 4.39 Å². The van der Waals surface area contributed by atoms with Gasteiger partial charge in [0.25, 0.3) is 0 Å². The van der Waals surface area contributed by atoms with E-state index in [1.165, 1.54) is 30.5 Å². The highest BCUT2D eigenvalue weighted by atomic mass is 19.1. The fourth-order valence-corrected chi connectivity index (χ4v) is 5.55. The van der Waals surface area contributed by atoms with E-state index >= 15 is 4.39 Å². The van der Waals surface area contributed by atoms with Crippen LogP contribution in [-0.4, -0.2) is 23.9 Å². The molecule has 4 heteroatoms. The number of rotatable bonds is 4. The van der Waals surface area contributed by atoms with Crippen LogP contribution < -0.4 is 4.90 Å². The van der Waals surface area contributed by atoms with Crippen LogP contribution >= 0.6 is 0 Å². The van der Waals surface area contributed by atoms with E-state index in [0.29, 0.717) is 17.5 Å². The van der Waals surface area contributed by atoms with E-state index in [9.17, 15) is 4.79 Å². The van der Waals surface area contributed by atoms with Gasteiger partial charge in [-0.1, -0.05) is 42.5 Å². The van der Waals surface area contributed by atoms with Gasteiger partial charge in [-0.3, -0.25) is 4.79 Å². The molecule has 0 radical (unpaired) electrons. The molecule has 1 fully saturated rings. The molecule has 3 aromatic carbocycles. The Morgan fingerprint density at radius 3 is 2.48 bits per heavy atom. The van der Waals surface area contributed by atoms with E-state index in [-0.39, 0.29) is 11.6 Å². The lowest BCUT2D eigenvalue weighted by molar-refractivity contribution is -0.116. The molecule has 0 atom stereocenters. The Labute approximate surface area is 193 Å². The van der Waals surface area contributed by atoms with Gasteiger partial charge in [-0.05, 0) is 60.6 Å². The zero-order valence-corrected chi connectivity index (χ0v) is 18.9. The molecule has 2 aliphatic rings. The average molecular weight is 439 g/mol. The molecule has 33 heavy (non-hydrogen) atoms. The minimum atomic E-state index is -0.192. The van der Waals surface area contributed by atoms with E-state index in [2.05, 4.69) is 34.1 Å². The van der Waals surface area contributed by atoms with Crippen LogP contribution in [-0.2, 0) is 17.6 Å². The minimum Gasteiger partial charge on any atom is -0.372 e.